The fraction of sp³-hybridized carbons (Fsp3) is 0.100. The third kappa shape index (κ3) is 4.59. The molecule has 8 heteroatoms. The summed E-state index contributed by atoms with van der Waals surface area (Å²) in [7, 11) is 0. The smallest absolute Gasteiger partial charge is 0.266 e. The Kier molecular flexibility index (Phi) is 6.13. The van der Waals surface area contributed by atoms with Crippen molar-refractivity contribution in [3.63, 3.8) is 0 Å². The standard InChI is InChI=1S/C20H18FN3O3S/c1-14-4-5-16(20(25)23-13-15-3-2-10-22-12-15)11-19(14)24(28(26)27)18-8-6-17(21)7-9-18/h2-12H,13H2,1H3,(H,23,25)(H,26,27). The summed E-state index contributed by atoms with van der Waals surface area (Å²) in [4.78, 5) is 16.5. The van der Waals surface area contributed by atoms with Gasteiger partial charge in [-0.15, -0.1) is 0 Å². The first-order valence-electron chi connectivity index (χ1n) is 8.40. The lowest BCUT2D eigenvalue weighted by molar-refractivity contribution is 0.0951. The third-order valence-corrected chi connectivity index (χ3v) is 4.80. The fourth-order valence-corrected chi connectivity index (χ4v) is 3.31. The number of halogens is 1. The minimum atomic E-state index is -2.41. The number of aryl methyl sites for hydroxylation is 1. The predicted octanol–water partition coefficient (Wildman–Crippen LogP) is 3.73. The normalized spacial score (nSPS) is 11.7. The molecule has 0 saturated carbocycles. The minimum absolute atomic E-state index is 0.309. The summed E-state index contributed by atoms with van der Waals surface area (Å²) in [5.41, 5.74) is 2.59. The van der Waals surface area contributed by atoms with Gasteiger partial charge in [-0.1, -0.05) is 12.1 Å². The molecule has 144 valence electrons. The van der Waals surface area contributed by atoms with Crippen LogP contribution in [0.4, 0.5) is 15.8 Å². The number of hydrogen-bond donors (Lipinski definition) is 2. The highest BCUT2D eigenvalue weighted by Crippen LogP contribution is 2.30. The van der Waals surface area contributed by atoms with Crippen LogP contribution in [0.15, 0.2) is 67.0 Å². The van der Waals surface area contributed by atoms with E-state index < -0.39 is 17.1 Å². The maximum Gasteiger partial charge on any atom is 0.266 e. The number of nitrogens with one attached hydrogen (secondary N) is 1. The molecule has 1 amide bonds. The fourth-order valence-electron chi connectivity index (χ4n) is 2.65. The Balaban J connectivity index is 1.87. The van der Waals surface area contributed by atoms with Crippen LogP contribution in [-0.2, 0) is 17.8 Å². The Bertz CT molecular complexity index is 997. The number of nitrogens with zero attached hydrogens (tertiary/aromatic N) is 2. The number of carbonyl (C=O) groups is 1. The summed E-state index contributed by atoms with van der Waals surface area (Å²) in [5, 5.41) is 2.79. The Labute approximate surface area is 164 Å². The number of pyridine rings is 1. The number of carbonyl (C=O) groups excluding carboxylic acids is 1. The molecule has 3 rings (SSSR count). The van der Waals surface area contributed by atoms with Crippen LogP contribution in [0.25, 0.3) is 0 Å². The van der Waals surface area contributed by atoms with Crippen LogP contribution < -0.4 is 9.62 Å². The molecule has 1 aromatic heterocycles. The van der Waals surface area contributed by atoms with Crippen molar-refractivity contribution in [1.82, 2.24) is 10.3 Å². The highest BCUT2D eigenvalue weighted by atomic mass is 32.2. The molecule has 0 spiro atoms. The molecular weight excluding hydrogens is 381 g/mol. The quantitative estimate of drug-likeness (QED) is 0.619. The van der Waals surface area contributed by atoms with Gasteiger partial charge in [-0.3, -0.25) is 14.3 Å². The van der Waals surface area contributed by atoms with Gasteiger partial charge in [-0.2, -0.15) is 0 Å². The lowest BCUT2D eigenvalue weighted by Crippen LogP contribution is -2.24. The molecule has 0 fully saturated rings. The number of hydrogen-bond acceptors (Lipinski definition) is 3. The predicted molar refractivity (Wildman–Crippen MR) is 106 cm³/mol. The van der Waals surface area contributed by atoms with Gasteiger partial charge < -0.3 is 5.32 Å². The molecule has 1 atom stereocenters. The molecule has 0 radical (unpaired) electrons. The summed E-state index contributed by atoms with van der Waals surface area (Å²) < 4.78 is 36.1. The molecule has 1 heterocycles. The lowest BCUT2D eigenvalue weighted by atomic mass is 10.1. The van der Waals surface area contributed by atoms with E-state index in [1.165, 1.54) is 30.3 Å². The molecule has 28 heavy (non-hydrogen) atoms. The van der Waals surface area contributed by atoms with E-state index in [1.54, 1.807) is 37.5 Å². The molecule has 0 bridgehead atoms. The van der Waals surface area contributed by atoms with E-state index in [4.69, 9.17) is 0 Å². The van der Waals surface area contributed by atoms with Crippen LogP contribution >= 0.6 is 0 Å². The highest BCUT2D eigenvalue weighted by Gasteiger charge is 2.19. The molecule has 0 aliphatic rings. The first-order valence-corrected chi connectivity index (χ1v) is 9.46. The van der Waals surface area contributed by atoms with Gasteiger partial charge in [-0.25, -0.2) is 12.9 Å². The Morgan fingerprint density at radius 3 is 2.61 bits per heavy atom. The Morgan fingerprint density at radius 2 is 1.96 bits per heavy atom. The van der Waals surface area contributed by atoms with E-state index in [9.17, 15) is 17.9 Å². The summed E-state index contributed by atoms with van der Waals surface area (Å²) in [6, 6.07) is 13.7. The van der Waals surface area contributed by atoms with Crippen molar-refractivity contribution in [2.24, 2.45) is 0 Å². The van der Waals surface area contributed by atoms with Crippen molar-refractivity contribution in [3.05, 3.63) is 89.5 Å². The highest BCUT2D eigenvalue weighted by molar-refractivity contribution is 7.81. The van der Waals surface area contributed by atoms with Crippen LogP contribution in [0.1, 0.15) is 21.5 Å². The number of rotatable bonds is 6. The maximum atomic E-state index is 13.2. The van der Waals surface area contributed by atoms with E-state index in [0.717, 1.165) is 9.87 Å². The van der Waals surface area contributed by atoms with Gasteiger partial charge in [0.2, 0.25) is 0 Å². The number of amides is 1. The van der Waals surface area contributed by atoms with Gasteiger partial charge in [0, 0.05) is 24.5 Å². The van der Waals surface area contributed by atoms with E-state index in [2.05, 4.69) is 10.3 Å². The zero-order chi connectivity index (χ0) is 20.1. The third-order valence-electron chi connectivity index (χ3n) is 4.08. The molecule has 0 aliphatic heterocycles. The first-order chi connectivity index (χ1) is 13.5. The van der Waals surface area contributed by atoms with Gasteiger partial charge in [0.05, 0.1) is 11.4 Å². The van der Waals surface area contributed by atoms with Crippen LogP contribution in [0.3, 0.4) is 0 Å². The molecule has 1 unspecified atom stereocenters. The molecular formula is C20H18FN3O3S. The van der Waals surface area contributed by atoms with Gasteiger partial charge in [-0.05, 0) is 60.5 Å². The average molecular weight is 399 g/mol. The van der Waals surface area contributed by atoms with E-state index >= 15 is 0 Å². The van der Waals surface area contributed by atoms with E-state index in [0.29, 0.717) is 29.0 Å². The van der Waals surface area contributed by atoms with E-state index in [-0.39, 0.29) is 5.91 Å². The number of benzene rings is 2. The molecule has 2 aromatic carbocycles. The maximum absolute atomic E-state index is 13.2. The van der Waals surface area contributed by atoms with Crippen molar-refractivity contribution in [1.29, 1.82) is 0 Å². The Morgan fingerprint density at radius 1 is 1.21 bits per heavy atom. The second-order valence-corrected chi connectivity index (χ2v) is 6.87. The Hall–Kier alpha value is -3.10. The summed E-state index contributed by atoms with van der Waals surface area (Å²) in [6.45, 7) is 2.07. The molecule has 6 nitrogen and oxygen atoms in total. The second kappa shape index (κ2) is 8.73. The monoisotopic (exact) mass is 399 g/mol. The largest absolute Gasteiger partial charge is 0.348 e. The molecule has 0 aliphatic carbocycles. The van der Waals surface area contributed by atoms with Gasteiger partial charge in [0.25, 0.3) is 17.2 Å². The van der Waals surface area contributed by atoms with E-state index in [1.807, 2.05) is 6.07 Å². The van der Waals surface area contributed by atoms with Crippen LogP contribution in [0, 0.1) is 12.7 Å². The van der Waals surface area contributed by atoms with Crippen molar-refractivity contribution < 1.29 is 17.9 Å². The SMILES string of the molecule is Cc1ccc(C(=O)NCc2cccnc2)cc1N(c1ccc(F)cc1)S(=O)O. The lowest BCUT2D eigenvalue weighted by Gasteiger charge is -2.22. The van der Waals surface area contributed by atoms with Crippen molar-refractivity contribution in [2.45, 2.75) is 13.5 Å². The minimum Gasteiger partial charge on any atom is -0.348 e. The van der Waals surface area contributed by atoms with Crippen molar-refractivity contribution >= 4 is 28.5 Å². The van der Waals surface area contributed by atoms with Gasteiger partial charge in [0.15, 0.2) is 0 Å². The van der Waals surface area contributed by atoms with Crippen LogP contribution in [-0.4, -0.2) is 19.7 Å². The second-order valence-electron chi connectivity index (χ2n) is 6.05. The number of anilines is 2. The zero-order valence-corrected chi connectivity index (χ0v) is 15.8. The van der Waals surface area contributed by atoms with Crippen LogP contribution in [0.5, 0.6) is 0 Å². The topological polar surface area (TPSA) is 82.5 Å². The van der Waals surface area contributed by atoms with Gasteiger partial charge in [0.1, 0.15) is 5.82 Å². The van der Waals surface area contributed by atoms with Crippen molar-refractivity contribution in [2.75, 3.05) is 4.31 Å². The molecule has 2 N–H and O–H groups in total. The summed E-state index contributed by atoms with van der Waals surface area (Å²) >= 11 is -2.41. The number of aromatic nitrogens is 1. The van der Waals surface area contributed by atoms with Crippen molar-refractivity contribution in [3.8, 4) is 0 Å². The average Bonchev–Trinajstić information content (AvgIpc) is 2.70. The summed E-state index contributed by atoms with van der Waals surface area (Å²) in [6.07, 6.45) is 3.31. The van der Waals surface area contributed by atoms with Crippen LogP contribution in [0.2, 0.25) is 0 Å². The van der Waals surface area contributed by atoms with Gasteiger partial charge >= 0.3 is 0 Å². The molecule has 3 aromatic rings. The summed E-state index contributed by atoms with van der Waals surface area (Å²) in [5.74, 6) is -0.777. The zero-order valence-electron chi connectivity index (χ0n) is 15.0. The first kappa shape index (κ1) is 19.7. The molecule has 0 saturated heterocycles.